The van der Waals surface area contributed by atoms with Gasteiger partial charge in [-0.15, -0.1) is 0 Å². The monoisotopic (exact) mass is 315 g/mol. The van der Waals surface area contributed by atoms with E-state index in [9.17, 15) is 0 Å². The molecule has 2 heterocycles. The van der Waals surface area contributed by atoms with Gasteiger partial charge in [0.05, 0.1) is 17.6 Å². The molecule has 1 saturated heterocycles. The first-order valence-electron chi connectivity index (χ1n) is 8.65. The average molecular weight is 315 g/mol. The number of piperidine rings is 1. The standard InChI is InChI=1S/C21H21N3/c1-4-10-17(11-5-1)20-21(18-12-6-2-7-13-18)23-19(16-22-20)24-14-8-3-9-15-24/h1-2,4-7,10-13,16H,3,8-9,14-15H2. The molecule has 1 aliphatic rings. The summed E-state index contributed by atoms with van der Waals surface area (Å²) in [5.41, 5.74) is 4.13. The predicted octanol–water partition coefficient (Wildman–Crippen LogP) is 4.80. The Kier molecular flexibility index (Phi) is 4.24. The Balaban J connectivity index is 1.82. The molecular weight excluding hydrogens is 294 g/mol. The second-order valence-electron chi connectivity index (χ2n) is 6.21. The van der Waals surface area contributed by atoms with E-state index in [0.29, 0.717) is 0 Å². The van der Waals surface area contributed by atoms with Crippen LogP contribution in [0.25, 0.3) is 22.5 Å². The molecule has 0 N–H and O–H groups in total. The van der Waals surface area contributed by atoms with Crippen molar-refractivity contribution in [2.45, 2.75) is 19.3 Å². The lowest BCUT2D eigenvalue weighted by Crippen LogP contribution is -2.30. The molecule has 3 nitrogen and oxygen atoms in total. The Bertz CT molecular complexity index is 794. The lowest BCUT2D eigenvalue weighted by atomic mass is 10.0. The minimum atomic E-state index is 0.947. The molecule has 3 aromatic rings. The van der Waals surface area contributed by atoms with E-state index in [2.05, 4.69) is 41.3 Å². The summed E-state index contributed by atoms with van der Waals surface area (Å²) in [6.45, 7) is 2.15. The van der Waals surface area contributed by atoms with Crippen molar-refractivity contribution in [2.24, 2.45) is 0 Å². The molecule has 1 aromatic heterocycles. The highest BCUT2D eigenvalue weighted by molar-refractivity contribution is 5.78. The van der Waals surface area contributed by atoms with Gasteiger partial charge in [0.15, 0.2) is 0 Å². The number of benzene rings is 2. The van der Waals surface area contributed by atoms with Crippen molar-refractivity contribution >= 4 is 5.82 Å². The van der Waals surface area contributed by atoms with Crippen molar-refractivity contribution in [1.29, 1.82) is 0 Å². The summed E-state index contributed by atoms with van der Waals surface area (Å²) in [6, 6.07) is 20.7. The van der Waals surface area contributed by atoms with E-state index >= 15 is 0 Å². The van der Waals surface area contributed by atoms with Gasteiger partial charge >= 0.3 is 0 Å². The number of aromatic nitrogens is 2. The number of rotatable bonds is 3. The van der Waals surface area contributed by atoms with Crippen LogP contribution < -0.4 is 4.90 Å². The third-order valence-electron chi connectivity index (χ3n) is 4.53. The molecule has 0 unspecified atom stereocenters. The highest BCUT2D eigenvalue weighted by atomic mass is 15.2. The van der Waals surface area contributed by atoms with E-state index < -0.39 is 0 Å². The molecule has 0 bridgehead atoms. The molecular formula is C21H21N3. The summed E-state index contributed by atoms with van der Waals surface area (Å²) < 4.78 is 0. The van der Waals surface area contributed by atoms with Crippen molar-refractivity contribution < 1.29 is 0 Å². The third-order valence-corrected chi connectivity index (χ3v) is 4.53. The highest BCUT2D eigenvalue weighted by Gasteiger charge is 2.17. The van der Waals surface area contributed by atoms with Gasteiger partial charge in [0.2, 0.25) is 0 Å². The molecule has 24 heavy (non-hydrogen) atoms. The van der Waals surface area contributed by atoms with Crippen LogP contribution in [0.2, 0.25) is 0 Å². The average Bonchev–Trinajstić information content (AvgIpc) is 2.69. The van der Waals surface area contributed by atoms with Crippen LogP contribution in [0, 0.1) is 0 Å². The molecule has 3 heteroatoms. The number of nitrogens with zero attached hydrogens (tertiary/aromatic N) is 3. The molecule has 1 fully saturated rings. The molecule has 0 atom stereocenters. The fourth-order valence-corrected chi connectivity index (χ4v) is 3.26. The van der Waals surface area contributed by atoms with Crippen LogP contribution in [0.3, 0.4) is 0 Å². The van der Waals surface area contributed by atoms with Crippen molar-refractivity contribution in [2.75, 3.05) is 18.0 Å². The quantitative estimate of drug-likeness (QED) is 0.695. The van der Waals surface area contributed by atoms with Gasteiger partial charge in [0, 0.05) is 24.2 Å². The minimum absolute atomic E-state index is 0.947. The summed E-state index contributed by atoms with van der Waals surface area (Å²) in [5.74, 6) is 0.994. The van der Waals surface area contributed by atoms with E-state index in [4.69, 9.17) is 9.97 Å². The number of hydrogen-bond donors (Lipinski definition) is 0. The maximum Gasteiger partial charge on any atom is 0.147 e. The van der Waals surface area contributed by atoms with E-state index in [0.717, 1.165) is 41.4 Å². The van der Waals surface area contributed by atoms with Crippen LogP contribution in [0.15, 0.2) is 66.9 Å². The molecule has 0 spiro atoms. The summed E-state index contributed by atoms with van der Waals surface area (Å²) in [6.07, 6.45) is 5.73. The minimum Gasteiger partial charge on any atom is -0.355 e. The van der Waals surface area contributed by atoms with E-state index in [-0.39, 0.29) is 0 Å². The first-order chi connectivity index (χ1) is 11.9. The number of hydrogen-bond acceptors (Lipinski definition) is 3. The maximum atomic E-state index is 5.01. The SMILES string of the molecule is c1ccc(-c2ncc(N3CCCCC3)nc2-c2ccccc2)cc1. The topological polar surface area (TPSA) is 29.0 Å². The van der Waals surface area contributed by atoms with Crippen LogP contribution >= 0.6 is 0 Å². The van der Waals surface area contributed by atoms with Crippen molar-refractivity contribution in [3.8, 4) is 22.5 Å². The van der Waals surface area contributed by atoms with Gasteiger partial charge < -0.3 is 4.90 Å². The van der Waals surface area contributed by atoms with Crippen molar-refractivity contribution in [3.63, 3.8) is 0 Å². The predicted molar refractivity (Wildman–Crippen MR) is 99.0 cm³/mol. The fraction of sp³-hybridized carbons (Fsp3) is 0.238. The molecule has 0 aliphatic carbocycles. The third kappa shape index (κ3) is 3.02. The zero-order valence-corrected chi connectivity index (χ0v) is 13.7. The van der Waals surface area contributed by atoms with Crippen LogP contribution in [-0.4, -0.2) is 23.1 Å². The summed E-state index contributed by atoms with van der Waals surface area (Å²) in [4.78, 5) is 12.2. The Morgan fingerprint density at radius 1 is 0.667 bits per heavy atom. The molecule has 0 saturated carbocycles. The Hall–Kier alpha value is -2.68. The largest absolute Gasteiger partial charge is 0.355 e. The van der Waals surface area contributed by atoms with Gasteiger partial charge in [0.25, 0.3) is 0 Å². The van der Waals surface area contributed by atoms with Gasteiger partial charge in [0.1, 0.15) is 5.82 Å². The summed E-state index contributed by atoms with van der Waals surface area (Å²) in [5, 5.41) is 0. The summed E-state index contributed by atoms with van der Waals surface area (Å²) >= 11 is 0. The highest BCUT2D eigenvalue weighted by Crippen LogP contribution is 2.30. The second-order valence-corrected chi connectivity index (χ2v) is 6.21. The van der Waals surface area contributed by atoms with Crippen LogP contribution in [0.1, 0.15) is 19.3 Å². The molecule has 1 aliphatic heterocycles. The van der Waals surface area contributed by atoms with Gasteiger partial charge in [-0.25, -0.2) is 4.98 Å². The van der Waals surface area contributed by atoms with Gasteiger partial charge in [-0.1, -0.05) is 60.7 Å². The zero-order valence-electron chi connectivity index (χ0n) is 13.7. The molecule has 120 valence electrons. The second kappa shape index (κ2) is 6.83. The molecule has 4 rings (SSSR count). The lowest BCUT2D eigenvalue weighted by molar-refractivity contribution is 0.573. The fourth-order valence-electron chi connectivity index (χ4n) is 3.26. The Morgan fingerprint density at radius 3 is 1.88 bits per heavy atom. The van der Waals surface area contributed by atoms with Crippen molar-refractivity contribution in [3.05, 3.63) is 66.9 Å². The molecule has 2 aromatic carbocycles. The first-order valence-corrected chi connectivity index (χ1v) is 8.65. The Labute approximate surface area is 143 Å². The normalized spacial score (nSPS) is 14.6. The van der Waals surface area contributed by atoms with E-state index in [1.54, 1.807) is 0 Å². The van der Waals surface area contributed by atoms with Crippen molar-refractivity contribution in [1.82, 2.24) is 9.97 Å². The van der Waals surface area contributed by atoms with Crippen LogP contribution in [0.4, 0.5) is 5.82 Å². The lowest BCUT2D eigenvalue weighted by Gasteiger charge is -2.28. The molecule has 0 radical (unpaired) electrons. The zero-order chi connectivity index (χ0) is 16.2. The smallest absolute Gasteiger partial charge is 0.147 e. The first kappa shape index (κ1) is 14.9. The number of anilines is 1. The maximum absolute atomic E-state index is 5.01. The van der Waals surface area contributed by atoms with Gasteiger partial charge in [-0.05, 0) is 19.3 Å². The molecule has 0 amide bonds. The van der Waals surface area contributed by atoms with E-state index in [1.807, 2.05) is 30.5 Å². The van der Waals surface area contributed by atoms with Crippen LogP contribution in [0.5, 0.6) is 0 Å². The van der Waals surface area contributed by atoms with Crippen LogP contribution in [-0.2, 0) is 0 Å². The van der Waals surface area contributed by atoms with Gasteiger partial charge in [-0.3, -0.25) is 4.98 Å². The Morgan fingerprint density at radius 2 is 1.25 bits per heavy atom. The van der Waals surface area contributed by atoms with E-state index in [1.165, 1.54) is 19.3 Å². The van der Waals surface area contributed by atoms with Gasteiger partial charge in [-0.2, -0.15) is 0 Å². The summed E-state index contributed by atoms with van der Waals surface area (Å²) in [7, 11) is 0.